The maximum Gasteiger partial charge on any atom is 0.168 e. The highest BCUT2D eigenvalue weighted by Crippen LogP contribution is 2.11. The molecule has 1 rings (SSSR count). The molecule has 3 N–H and O–H groups in total. The summed E-state index contributed by atoms with van der Waals surface area (Å²) >= 11 is 5.76. The van der Waals surface area contributed by atoms with Crippen LogP contribution in [0, 0.1) is 0 Å². The topological polar surface area (TPSA) is 67.8 Å². The van der Waals surface area contributed by atoms with E-state index in [1.165, 1.54) is 0 Å². The summed E-state index contributed by atoms with van der Waals surface area (Å²) in [5.41, 5.74) is 6.46. The second-order valence-corrected chi connectivity index (χ2v) is 3.80. The van der Waals surface area contributed by atoms with Gasteiger partial charge in [0.1, 0.15) is 6.10 Å². The third-order valence-electron chi connectivity index (χ3n) is 2.18. The molecule has 0 bridgehead atoms. The number of nitrogens with two attached hydrogens (primary N) is 1. The van der Waals surface area contributed by atoms with Crippen LogP contribution in [0.2, 0.25) is 5.02 Å². The summed E-state index contributed by atoms with van der Waals surface area (Å²) in [4.78, 5) is 0. The lowest BCUT2D eigenvalue weighted by Gasteiger charge is -2.14. The number of hydrogen-bond acceptors (Lipinski definition) is 3. The summed E-state index contributed by atoms with van der Waals surface area (Å²) in [5.74, 6) is 0.0939. The molecule has 0 aliphatic rings. The van der Waals surface area contributed by atoms with Crippen molar-refractivity contribution in [2.45, 2.75) is 26.1 Å². The van der Waals surface area contributed by atoms with Crippen LogP contribution in [0.25, 0.3) is 0 Å². The van der Waals surface area contributed by atoms with Gasteiger partial charge in [0, 0.05) is 5.02 Å². The zero-order chi connectivity index (χ0) is 12.0. The standard InChI is InChI=1S/C11H15ClN2O2/c1-2-10(11(13)14-15)16-7-8-3-5-9(12)6-4-8/h3-6,10,15H,2,7H2,1H3,(H2,13,14). The van der Waals surface area contributed by atoms with E-state index in [0.717, 1.165) is 5.56 Å². The summed E-state index contributed by atoms with van der Waals surface area (Å²) in [6, 6.07) is 7.35. The Balaban J connectivity index is 2.53. The zero-order valence-electron chi connectivity index (χ0n) is 9.06. The molecule has 0 saturated heterocycles. The van der Waals surface area contributed by atoms with Crippen molar-refractivity contribution in [1.29, 1.82) is 0 Å². The average molecular weight is 243 g/mol. The Bertz CT molecular complexity index is 352. The highest BCUT2D eigenvalue weighted by atomic mass is 35.5. The molecule has 4 nitrogen and oxygen atoms in total. The van der Waals surface area contributed by atoms with Gasteiger partial charge in [-0.1, -0.05) is 35.8 Å². The first-order valence-corrected chi connectivity index (χ1v) is 5.38. The summed E-state index contributed by atoms with van der Waals surface area (Å²) in [7, 11) is 0. The number of oxime groups is 1. The van der Waals surface area contributed by atoms with Crippen LogP contribution in [-0.2, 0) is 11.3 Å². The molecule has 0 aliphatic heterocycles. The van der Waals surface area contributed by atoms with Crippen molar-refractivity contribution in [2.24, 2.45) is 10.9 Å². The van der Waals surface area contributed by atoms with E-state index in [9.17, 15) is 0 Å². The monoisotopic (exact) mass is 242 g/mol. The van der Waals surface area contributed by atoms with E-state index in [-0.39, 0.29) is 11.9 Å². The Hall–Kier alpha value is -1.26. The number of halogens is 1. The first-order valence-electron chi connectivity index (χ1n) is 5.00. The molecule has 88 valence electrons. The lowest BCUT2D eigenvalue weighted by Crippen LogP contribution is -2.30. The van der Waals surface area contributed by atoms with Crippen molar-refractivity contribution in [1.82, 2.24) is 0 Å². The minimum Gasteiger partial charge on any atom is -0.409 e. The van der Waals surface area contributed by atoms with Gasteiger partial charge in [0.25, 0.3) is 0 Å². The predicted octanol–water partition coefficient (Wildman–Crippen LogP) is 2.38. The molecule has 1 aromatic rings. The molecule has 1 unspecified atom stereocenters. The van der Waals surface area contributed by atoms with Crippen molar-refractivity contribution in [2.75, 3.05) is 0 Å². The van der Waals surface area contributed by atoms with Crippen LogP contribution in [0.4, 0.5) is 0 Å². The molecular formula is C11H15ClN2O2. The van der Waals surface area contributed by atoms with Gasteiger partial charge in [-0.15, -0.1) is 0 Å². The molecule has 5 heteroatoms. The highest BCUT2D eigenvalue weighted by Gasteiger charge is 2.11. The Morgan fingerprint density at radius 2 is 2.12 bits per heavy atom. The number of benzene rings is 1. The average Bonchev–Trinajstić information content (AvgIpc) is 2.31. The van der Waals surface area contributed by atoms with Gasteiger partial charge < -0.3 is 15.7 Å². The summed E-state index contributed by atoms with van der Waals surface area (Å²) in [6.45, 7) is 2.32. The molecule has 0 heterocycles. The van der Waals surface area contributed by atoms with Gasteiger partial charge in [0.2, 0.25) is 0 Å². The first-order chi connectivity index (χ1) is 7.67. The minimum atomic E-state index is -0.360. The molecule has 1 aromatic carbocycles. The number of ether oxygens (including phenoxy) is 1. The number of nitrogens with zero attached hydrogens (tertiary/aromatic N) is 1. The summed E-state index contributed by atoms with van der Waals surface area (Å²) in [5, 5.41) is 12.2. The molecule has 0 aromatic heterocycles. The van der Waals surface area contributed by atoms with Gasteiger partial charge in [-0.3, -0.25) is 0 Å². The number of hydrogen-bond donors (Lipinski definition) is 2. The maximum atomic E-state index is 8.54. The fourth-order valence-electron chi connectivity index (χ4n) is 1.25. The smallest absolute Gasteiger partial charge is 0.168 e. The predicted molar refractivity (Wildman–Crippen MR) is 63.7 cm³/mol. The Kier molecular flexibility index (Phi) is 5.08. The Morgan fingerprint density at radius 1 is 1.50 bits per heavy atom. The van der Waals surface area contributed by atoms with Gasteiger partial charge in [-0.2, -0.15) is 0 Å². The Morgan fingerprint density at radius 3 is 2.62 bits per heavy atom. The molecule has 0 saturated carbocycles. The van der Waals surface area contributed by atoms with Crippen LogP contribution in [0.15, 0.2) is 29.4 Å². The number of amidine groups is 1. The Labute approximate surface area is 99.7 Å². The third kappa shape index (κ3) is 3.72. The second kappa shape index (κ2) is 6.35. The molecule has 0 radical (unpaired) electrons. The van der Waals surface area contributed by atoms with E-state index in [2.05, 4.69) is 5.16 Å². The van der Waals surface area contributed by atoms with E-state index < -0.39 is 0 Å². The zero-order valence-corrected chi connectivity index (χ0v) is 9.81. The quantitative estimate of drug-likeness (QED) is 0.361. The van der Waals surface area contributed by atoms with Crippen LogP contribution in [0.3, 0.4) is 0 Å². The van der Waals surface area contributed by atoms with Gasteiger partial charge in [-0.25, -0.2) is 0 Å². The lowest BCUT2D eigenvalue weighted by molar-refractivity contribution is 0.0788. The SMILES string of the molecule is CCC(OCc1ccc(Cl)cc1)C(N)=NO. The molecule has 0 fully saturated rings. The fourth-order valence-corrected chi connectivity index (χ4v) is 1.38. The number of rotatable bonds is 5. The van der Waals surface area contributed by atoms with E-state index >= 15 is 0 Å². The van der Waals surface area contributed by atoms with Crippen molar-refractivity contribution >= 4 is 17.4 Å². The van der Waals surface area contributed by atoms with Crippen molar-refractivity contribution in [3.63, 3.8) is 0 Å². The van der Waals surface area contributed by atoms with E-state index in [1.807, 2.05) is 19.1 Å². The lowest BCUT2D eigenvalue weighted by atomic mass is 10.2. The molecule has 0 spiro atoms. The van der Waals surface area contributed by atoms with Crippen molar-refractivity contribution < 1.29 is 9.94 Å². The molecular weight excluding hydrogens is 228 g/mol. The summed E-state index contributed by atoms with van der Waals surface area (Å²) in [6.07, 6.45) is 0.296. The van der Waals surface area contributed by atoms with E-state index in [0.29, 0.717) is 18.1 Å². The largest absolute Gasteiger partial charge is 0.409 e. The van der Waals surface area contributed by atoms with E-state index in [1.54, 1.807) is 12.1 Å². The third-order valence-corrected chi connectivity index (χ3v) is 2.43. The van der Waals surface area contributed by atoms with Gasteiger partial charge in [0.15, 0.2) is 5.84 Å². The molecule has 0 aliphatic carbocycles. The highest BCUT2D eigenvalue weighted by molar-refractivity contribution is 6.30. The van der Waals surface area contributed by atoms with Crippen molar-refractivity contribution in [3.05, 3.63) is 34.9 Å². The normalized spacial score (nSPS) is 13.8. The molecule has 1 atom stereocenters. The van der Waals surface area contributed by atoms with Crippen LogP contribution in [-0.4, -0.2) is 17.1 Å². The van der Waals surface area contributed by atoms with Gasteiger partial charge >= 0.3 is 0 Å². The van der Waals surface area contributed by atoms with Crippen LogP contribution in [0.5, 0.6) is 0 Å². The fraction of sp³-hybridized carbons (Fsp3) is 0.364. The first kappa shape index (κ1) is 12.8. The van der Waals surface area contributed by atoms with Crippen LogP contribution < -0.4 is 5.73 Å². The second-order valence-electron chi connectivity index (χ2n) is 3.36. The van der Waals surface area contributed by atoms with Crippen molar-refractivity contribution in [3.8, 4) is 0 Å². The summed E-state index contributed by atoms with van der Waals surface area (Å²) < 4.78 is 5.51. The van der Waals surface area contributed by atoms with Gasteiger partial charge in [-0.05, 0) is 24.1 Å². The minimum absolute atomic E-state index is 0.0939. The van der Waals surface area contributed by atoms with Gasteiger partial charge in [0.05, 0.1) is 6.61 Å². The van der Waals surface area contributed by atoms with Crippen LogP contribution >= 0.6 is 11.6 Å². The maximum absolute atomic E-state index is 8.54. The van der Waals surface area contributed by atoms with Crippen LogP contribution in [0.1, 0.15) is 18.9 Å². The molecule has 0 amide bonds. The van der Waals surface area contributed by atoms with E-state index in [4.69, 9.17) is 27.3 Å². The molecule has 16 heavy (non-hydrogen) atoms.